The first kappa shape index (κ1) is 16.2. The Morgan fingerprint density at radius 1 is 1.24 bits per heavy atom. The van der Waals surface area contributed by atoms with Crippen LogP contribution in [-0.4, -0.2) is 54.6 Å². The van der Waals surface area contributed by atoms with E-state index in [1.807, 2.05) is 12.1 Å². The Bertz CT molecular complexity index is 545. The molecule has 1 aromatic rings. The number of rotatable bonds is 2. The lowest BCUT2D eigenvalue weighted by Gasteiger charge is -2.34. The summed E-state index contributed by atoms with van der Waals surface area (Å²) in [6, 6.07) is 5.38. The first-order chi connectivity index (χ1) is 10.0. The van der Waals surface area contributed by atoms with Crippen molar-refractivity contribution in [3.63, 3.8) is 0 Å². The van der Waals surface area contributed by atoms with Crippen molar-refractivity contribution >= 4 is 40.6 Å². The Hall–Kier alpha value is -1.21. The third kappa shape index (κ3) is 3.91. The molecule has 21 heavy (non-hydrogen) atoms. The summed E-state index contributed by atoms with van der Waals surface area (Å²) in [7, 11) is 0. The molecular formula is C14H17BrN2O3S. The molecule has 0 N–H and O–H groups in total. The van der Waals surface area contributed by atoms with Gasteiger partial charge in [0, 0.05) is 35.5 Å². The molecular weight excluding hydrogens is 356 g/mol. The predicted molar refractivity (Wildman–Crippen MR) is 85.9 cm³/mol. The van der Waals surface area contributed by atoms with Gasteiger partial charge in [0.1, 0.15) is 0 Å². The summed E-state index contributed by atoms with van der Waals surface area (Å²) in [5.41, 5.74) is 0.590. The molecule has 0 aromatic heterocycles. The minimum Gasteiger partial charge on any atom is -0.450 e. The molecule has 0 spiro atoms. The van der Waals surface area contributed by atoms with Gasteiger partial charge < -0.3 is 14.5 Å². The first-order valence-electron chi connectivity index (χ1n) is 6.72. The zero-order chi connectivity index (χ0) is 15.4. The molecule has 2 amide bonds. The van der Waals surface area contributed by atoms with Crippen molar-refractivity contribution in [2.75, 3.05) is 32.8 Å². The molecule has 1 heterocycles. The van der Waals surface area contributed by atoms with Crippen LogP contribution in [0.4, 0.5) is 4.79 Å². The summed E-state index contributed by atoms with van der Waals surface area (Å²) < 4.78 is 5.71. The Kier molecular flexibility index (Phi) is 5.52. The average molecular weight is 373 g/mol. The number of carbonyl (C=O) groups is 2. The van der Waals surface area contributed by atoms with Crippen LogP contribution in [0.3, 0.4) is 0 Å². The maximum Gasteiger partial charge on any atom is 0.409 e. The van der Waals surface area contributed by atoms with Gasteiger partial charge in [-0.1, -0.05) is 0 Å². The number of halogens is 1. The topological polar surface area (TPSA) is 49.9 Å². The first-order valence-corrected chi connectivity index (χ1v) is 7.96. The largest absolute Gasteiger partial charge is 0.450 e. The summed E-state index contributed by atoms with van der Waals surface area (Å²) in [4.78, 5) is 28.2. The molecule has 114 valence electrons. The summed E-state index contributed by atoms with van der Waals surface area (Å²) in [6.45, 7) is 4.12. The van der Waals surface area contributed by atoms with Gasteiger partial charge in [-0.05, 0) is 41.1 Å². The molecule has 1 aliphatic rings. The van der Waals surface area contributed by atoms with Crippen LogP contribution < -0.4 is 0 Å². The summed E-state index contributed by atoms with van der Waals surface area (Å²) >= 11 is 7.65. The lowest BCUT2D eigenvalue weighted by molar-refractivity contribution is 0.0569. The van der Waals surface area contributed by atoms with Crippen molar-refractivity contribution < 1.29 is 14.3 Å². The molecule has 5 nitrogen and oxygen atoms in total. The molecule has 1 aliphatic heterocycles. The van der Waals surface area contributed by atoms with Crippen molar-refractivity contribution in [1.82, 2.24) is 9.80 Å². The number of nitrogens with zero attached hydrogens (tertiary/aromatic N) is 2. The van der Waals surface area contributed by atoms with Gasteiger partial charge in [0.05, 0.1) is 12.2 Å². The SMILES string of the molecule is CCOC(=O)N1CCN(C(=O)c2cc(S)ccc2Br)CC1. The highest BCUT2D eigenvalue weighted by molar-refractivity contribution is 9.10. The molecule has 0 bridgehead atoms. The fourth-order valence-electron chi connectivity index (χ4n) is 2.15. The third-order valence-corrected chi connectivity index (χ3v) is 4.24. The van der Waals surface area contributed by atoms with E-state index in [4.69, 9.17) is 4.74 Å². The quantitative estimate of drug-likeness (QED) is 0.811. The number of hydrogen-bond acceptors (Lipinski definition) is 4. The van der Waals surface area contributed by atoms with Crippen molar-refractivity contribution in [2.45, 2.75) is 11.8 Å². The smallest absolute Gasteiger partial charge is 0.409 e. The van der Waals surface area contributed by atoms with Gasteiger partial charge in [-0.25, -0.2) is 4.79 Å². The number of amides is 2. The van der Waals surface area contributed by atoms with Gasteiger partial charge >= 0.3 is 6.09 Å². The second-order valence-corrected chi connectivity index (χ2v) is 6.01. The second-order valence-electron chi connectivity index (χ2n) is 4.64. The maximum atomic E-state index is 12.5. The van der Waals surface area contributed by atoms with Gasteiger partial charge in [0.15, 0.2) is 0 Å². The summed E-state index contributed by atoms with van der Waals surface area (Å²) in [5, 5.41) is 0. The number of hydrogen-bond donors (Lipinski definition) is 1. The molecule has 0 radical (unpaired) electrons. The fraction of sp³-hybridized carbons (Fsp3) is 0.429. The van der Waals surface area contributed by atoms with Gasteiger partial charge in [-0.3, -0.25) is 4.79 Å². The van der Waals surface area contributed by atoms with Crippen LogP contribution >= 0.6 is 28.6 Å². The molecule has 1 fully saturated rings. The molecule has 0 unspecified atom stereocenters. The highest BCUT2D eigenvalue weighted by atomic mass is 79.9. The van der Waals surface area contributed by atoms with E-state index in [1.54, 1.807) is 22.8 Å². The highest BCUT2D eigenvalue weighted by Crippen LogP contribution is 2.22. The van der Waals surface area contributed by atoms with E-state index >= 15 is 0 Å². The van der Waals surface area contributed by atoms with Crippen molar-refractivity contribution in [2.24, 2.45) is 0 Å². The van der Waals surface area contributed by atoms with E-state index in [2.05, 4.69) is 28.6 Å². The lowest BCUT2D eigenvalue weighted by atomic mass is 10.2. The minimum atomic E-state index is -0.317. The number of ether oxygens (including phenoxy) is 1. The fourth-order valence-corrected chi connectivity index (χ4v) is 2.77. The number of thiol groups is 1. The van der Waals surface area contributed by atoms with Crippen LogP contribution in [0.25, 0.3) is 0 Å². The molecule has 7 heteroatoms. The molecule has 1 saturated heterocycles. The van der Waals surface area contributed by atoms with E-state index in [0.29, 0.717) is 38.3 Å². The molecule has 0 aliphatic carbocycles. The summed E-state index contributed by atoms with van der Waals surface area (Å²) in [6.07, 6.45) is -0.317. The van der Waals surface area contributed by atoms with Crippen LogP contribution in [0.2, 0.25) is 0 Å². The van der Waals surface area contributed by atoms with Crippen LogP contribution in [0, 0.1) is 0 Å². The van der Waals surface area contributed by atoms with Crippen LogP contribution in [0.15, 0.2) is 27.6 Å². The van der Waals surface area contributed by atoms with E-state index in [1.165, 1.54) is 0 Å². The Labute approximate surface area is 137 Å². The van der Waals surface area contributed by atoms with Crippen LogP contribution in [0.5, 0.6) is 0 Å². The Morgan fingerprint density at radius 2 is 1.86 bits per heavy atom. The van der Waals surface area contributed by atoms with Gasteiger partial charge in [0.2, 0.25) is 0 Å². The van der Waals surface area contributed by atoms with Gasteiger partial charge in [0.25, 0.3) is 5.91 Å². The maximum absolute atomic E-state index is 12.5. The third-order valence-electron chi connectivity index (χ3n) is 3.27. The zero-order valence-electron chi connectivity index (χ0n) is 11.7. The minimum absolute atomic E-state index is 0.0544. The van der Waals surface area contributed by atoms with Crippen molar-refractivity contribution in [3.05, 3.63) is 28.2 Å². The second kappa shape index (κ2) is 7.17. The lowest BCUT2D eigenvalue weighted by Crippen LogP contribution is -2.50. The van der Waals surface area contributed by atoms with E-state index in [0.717, 1.165) is 9.37 Å². The van der Waals surface area contributed by atoms with Crippen LogP contribution in [-0.2, 0) is 4.74 Å². The summed E-state index contributed by atoms with van der Waals surface area (Å²) in [5.74, 6) is -0.0544. The normalized spacial score (nSPS) is 15.0. The number of piperazine rings is 1. The van der Waals surface area contributed by atoms with Gasteiger partial charge in [-0.15, -0.1) is 12.6 Å². The molecule has 0 saturated carbocycles. The Morgan fingerprint density at radius 3 is 2.48 bits per heavy atom. The number of benzene rings is 1. The van der Waals surface area contributed by atoms with E-state index in [9.17, 15) is 9.59 Å². The standard InChI is InChI=1S/C14H17BrN2O3S/c1-2-20-14(19)17-7-5-16(6-8-17)13(18)11-9-10(21)3-4-12(11)15/h3-4,9,21H,2,5-8H2,1H3. The zero-order valence-corrected chi connectivity index (χ0v) is 14.2. The van der Waals surface area contributed by atoms with E-state index < -0.39 is 0 Å². The highest BCUT2D eigenvalue weighted by Gasteiger charge is 2.26. The predicted octanol–water partition coefficient (Wildman–Crippen LogP) is 2.65. The Balaban J connectivity index is 2.00. The molecule has 1 aromatic carbocycles. The van der Waals surface area contributed by atoms with Crippen molar-refractivity contribution in [3.8, 4) is 0 Å². The molecule has 2 rings (SSSR count). The molecule has 0 atom stereocenters. The van der Waals surface area contributed by atoms with Crippen LogP contribution in [0.1, 0.15) is 17.3 Å². The number of carbonyl (C=O) groups excluding carboxylic acids is 2. The van der Waals surface area contributed by atoms with Gasteiger partial charge in [-0.2, -0.15) is 0 Å². The monoisotopic (exact) mass is 372 g/mol. The van der Waals surface area contributed by atoms with Crippen molar-refractivity contribution in [1.29, 1.82) is 0 Å². The average Bonchev–Trinajstić information content (AvgIpc) is 2.49. The van der Waals surface area contributed by atoms with E-state index in [-0.39, 0.29) is 12.0 Å².